The highest BCUT2D eigenvalue weighted by atomic mass is 79.9. The van der Waals surface area contributed by atoms with Crippen molar-refractivity contribution in [3.05, 3.63) is 63.6 Å². The molecule has 1 heterocycles. The molecule has 2 aromatic carbocycles. The van der Waals surface area contributed by atoms with Crippen LogP contribution in [0.1, 0.15) is 35.3 Å². The molecule has 0 saturated carbocycles. The predicted octanol–water partition coefficient (Wildman–Crippen LogP) is 4.54. The Morgan fingerprint density at radius 2 is 2.05 bits per heavy atom. The van der Waals surface area contributed by atoms with Gasteiger partial charge in [0.15, 0.2) is 0 Å². The van der Waals surface area contributed by atoms with Gasteiger partial charge in [0.1, 0.15) is 11.9 Å². The third kappa shape index (κ3) is 2.60. The summed E-state index contributed by atoms with van der Waals surface area (Å²) in [6.07, 6.45) is 1.06. The zero-order chi connectivity index (χ0) is 14.1. The van der Waals surface area contributed by atoms with E-state index in [4.69, 9.17) is 4.74 Å². The van der Waals surface area contributed by atoms with Gasteiger partial charge in [-0.1, -0.05) is 51.8 Å². The summed E-state index contributed by atoms with van der Waals surface area (Å²) in [6.45, 7) is 2.12. The fraction of sp³-hybridized carbons (Fsp3) is 0.294. The van der Waals surface area contributed by atoms with Crippen LogP contribution in [0.2, 0.25) is 0 Å². The lowest BCUT2D eigenvalue weighted by Crippen LogP contribution is -2.26. The fourth-order valence-electron chi connectivity index (χ4n) is 2.79. The molecule has 0 fully saturated rings. The molecule has 0 bridgehead atoms. The number of rotatable bonds is 2. The zero-order valence-corrected chi connectivity index (χ0v) is 13.3. The third-order valence-electron chi connectivity index (χ3n) is 3.83. The number of aryl methyl sites for hydroxylation is 1. The molecule has 2 unspecified atom stereocenters. The molecule has 0 radical (unpaired) electrons. The van der Waals surface area contributed by atoms with Gasteiger partial charge in [0.05, 0.1) is 0 Å². The number of halogens is 1. The maximum absolute atomic E-state index is 6.22. The van der Waals surface area contributed by atoms with Crippen LogP contribution in [0.5, 0.6) is 5.75 Å². The molecule has 0 aliphatic carbocycles. The number of fused-ring (bicyclic) bond motifs is 1. The van der Waals surface area contributed by atoms with E-state index in [1.165, 1.54) is 16.7 Å². The van der Waals surface area contributed by atoms with E-state index in [2.05, 4.69) is 70.6 Å². The van der Waals surface area contributed by atoms with E-state index in [0.29, 0.717) is 6.04 Å². The zero-order valence-electron chi connectivity index (χ0n) is 11.7. The van der Waals surface area contributed by atoms with E-state index in [-0.39, 0.29) is 6.10 Å². The number of ether oxygens (including phenoxy) is 1. The van der Waals surface area contributed by atoms with E-state index in [1.807, 2.05) is 7.05 Å². The molecule has 1 aliphatic rings. The molecular weight excluding hydrogens is 314 g/mol. The van der Waals surface area contributed by atoms with Gasteiger partial charge in [-0.3, -0.25) is 0 Å². The van der Waals surface area contributed by atoms with E-state index in [9.17, 15) is 0 Å². The van der Waals surface area contributed by atoms with Gasteiger partial charge >= 0.3 is 0 Å². The Kier molecular flexibility index (Phi) is 3.81. The second kappa shape index (κ2) is 5.58. The topological polar surface area (TPSA) is 21.3 Å². The van der Waals surface area contributed by atoms with Crippen LogP contribution in [-0.4, -0.2) is 7.05 Å². The van der Waals surface area contributed by atoms with Gasteiger partial charge in [0.25, 0.3) is 0 Å². The highest BCUT2D eigenvalue weighted by Crippen LogP contribution is 2.41. The summed E-state index contributed by atoms with van der Waals surface area (Å²) < 4.78 is 7.27. The number of nitrogens with one attached hydrogen (secondary N) is 1. The highest BCUT2D eigenvalue weighted by molar-refractivity contribution is 9.10. The van der Waals surface area contributed by atoms with Gasteiger partial charge in [0.2, 0.25) is 0 Å². The Morgan fingerprint density at radius 1 is 1.20 bits per heavy atom. The highest BCUT2D eigenvalue weighted by Gasteiger charge is 2.28. The number of benzene rings is 2. The Labute approximate surface area is 128 Å². The average molecular weight is 332 g/mol. The fourth-order valence-corrected chi connectivity index (χ4v) is 3.13. The first-order valence-corrected chi connectivity index (χ1v) is 7.66. The van der Waals surface area contributed by atoms with Crippen molar-refractivity contribution in [1.29, 1.82) is 0 Å². The third-order valence-corrected chi connectivity index (χ3v) is 4.33. The first kappa shape index (κ1) is 13.7. The Morgan fingerprint density at radius 3 is 2.80 bits per heavy atom. The molecule has 2 aromatic rings. The summed E-state index contributed by atoms with van der Waals surface area (Å²) >= 11 is 3.52. The quantitative estimate of drug-likeness (QED) is 0.872. The molecule has 0 aromatic heterocycles. The van der Waals surface area contributed by atoms with Gasteiger partial charge in [-0.25, -0.2) is 0 Å². The van der Waals surface area contributed by atoms with Crippen molar-refractivity contribution in [3.8, 4) is 5.75 Å². The molecule has 3 heteroatoms. The van der Waals surface area contributed by atoms with Crippen molar-refractivity contribution in [2.24, 2.45) is 0 Å². The van der Waals surface area contributed by atoms with Crippen LogP contribution in [0.4, 0.5) is 0 Å². The molecule has 3 rings (SSSR count). The van der Waals surface area contributed by atoms with Crippen LogP contribution < -0.4 is 10.1 Å². The van der Waals surface area contributed by atoms with Crippen molar-refractivity contribution >= 4 is 15.9 Å². The normalized spacial score (nSPS) is 21.1. The van der Waals surface area contributed by atoms with Gasteiger partial charge in [-0.05, 0) is 31.7 Å². The van der Waals surface area contributed by atoms with Crippen molar-refractivity contribution in [2.75, 3.05) is 7.05 Å². The lowest BCUT2D eigenvalue weighted by molar-refractivity contribution is 0.153. The summed E-state index contributed by atoms with van der Waals surface area (Å²) in [7, 11) is 2.01. The lowest BCUT2D eigenvalue weighted by Gasteiger charge is -2.32. The molecule has 0 spiro atoms. The molecule has 104 valence electrons. The van der Waals surface area contributed by atoms with E-state index in [1.54, 1.807) is 0 Å². The maximum atomic E-state index is 6.22. The molecule has 0 saturated heterocycles. The lowest BCUT2D eigenvalue weighted by atomic mass is 9.92. The summed E-state index contributed by atoms with van der Waals surface area (Å²) in [6, 6.07) is 15.2. The molecule has 2 atom stereocenters. The number of hydrogen-bond donors (Lipinski definition) is 1. The summed E-state index contributed by atoms with van der Waals surface area (Å²) in [5, 5.41) is 3.40. The van der Waals surface area contributed by atoms with Crippen molar-refractivity contribution in [2.45, 2.75) is 25.5 Å². The van der Waals surface area contributed by atoms with Gasteiger partial charge in [-0.2, -0.15) is 0 Å². The molecule has 1 aliphatic heterocycles. The molecule has 20 heavy (non-hydrogen) atoms. The van der Waals surface area contributed by atoms with Crippen molar-refractivity contribution in [1.82, 2.24) is 5.32 Å². The van der Waals surface area contributed by atoms with Crippen LogP contribution in [0.3, 0.4) is 0 Å². The van der Waals surface area contributed by atoms with Crippen LogP contribution in [0, 0.1) is 6.92 Å². The van der Waals surface area contributed by atoms with Crippen LogP contribution in [0.25, 0.3) is 0 Å². The summed E-state index contributed by atoms with van der Waals surface area (Å²) in [5.41, 5.74) is 3.75. The average Bonchev–Trinajstić information content (AvgIpc) is 2.45. The van der Waals surface area contributed by atoms with Crippen molar-refractivity contribution < 1.29 is 4.74 Å². The monoisotopic (exact) mass is 331 g/mol. The van der Waals surface area contributed by atoms with Gasteiger partial charge in [-0.15, -0.1) is 0 Å². The second-order valence-corrected chi connectivity index (χ2v) is 6.20. The first-order valence-electron chi connectivity index (χ1n) is 6.87. The van der Waals surface area contributed by atoms with E-state index < -0.39 is 0 Å². The van der Waals surface area contributed by atoms with Gasteiger partial charge < -0.3 is 10.1 Å². The smallest absolute Gasteiger partial charge is 0.126 e. The SMILES string of the molecule is CNC1CC(c2cccc(C)c2)Oc2cc(Br)ccc21. The minimum atomic E-state index is 0.106. The minimum Gasteiger partial charge on any atom is -0.485 e. The Balaban J connectivity index is 1.97. The molecule has 1 N–H and O–H groups in total. The number of hydrogen-bond acceptors (Lipinski definition) is 2. The van der Waals surface area contributed by atoms with Crippen LogP contribution in [0.15, 0.2) is 46.9 Å². The largest absolute Gasteiger partial charge is 0.485 e. The van der Waals surface area contributed by atoms with E-state index >= 15 is 0 Å². The second-order valence-electron chi connectivity index (χ2n) is 5.28. The molecular formula is C17H18BrNO. The minimum absolute atomic E-state index is 0.106. The van der Waals surface area contributed by atoms with Crippen LogP contribution in [-0.2, 0) is 0 Å². The van der Waals surface area contributed by atoms with E-state index in [0.717, 1.165) is 16.6 Å². The van der Waals surface area contributed by atoms with Crippen molar-refractivity contribution in [3.63, 3.8) is 0 Å². The standard InChI is InChI=1S/C17H18BrNO/c1-11-4-3-5-12(8-11)16-10-15(19-2)14-7-6-13(18)9-17(14)20-16/h3-9,15-16,19H,10H2,1-2H3. The van der Waals surface area contributed by atoms with Gasteiger partial charge in [0, 0.05) is 22.5 Å². The summed E-state index contributed by atoms with van der Waals surface area (Å²) in [5.74, 6) is 0.969. The molecule has 2 nitrogen and oxygen atoms in total. The van der Waals surface area contributed by atoms with Crippen LogP contribution >= 0.6 is 15.9 Å². The Hall–Kier alpha value is -1.32. The maximum Gasteiger partial charge on any atom is 0.126 e. The first-order chi connectivity index (χ1) is 9.67. The Bertz CT molecular complexity index is 626. The predicted molar refractivity (Wildman–Crippen MR) is 85.1 cm³/mol. The summed E-state index contributed by atoms with van der Waals surface area (Å²) in [4.78, 5) is 0. The molecule has 0 amide bonds.